The summed E-state index contributed by atoms with van der Waals surface area (Å²) in [4.78, 5) is 9.30. The molecule has 0 saturated carbocycles. The summed E-state index contributed by atoms with van der Waals surface area (Å²) in [6.07, 6.45) is 1.84. The van der Waals surface area contributed by atoms with E-state index in [4.69, 9.17) is 21.9 Å². The number of nitrogens with zero attached hydrogens (tertiary/aromatic N) is 4. The van der Waals surface area contributed by atoms with E-state index < -0.39 is 0 Å². The fraction of sp³-hybridized carbons (Fsp3) is 0.312. The third kappa shape index (κ3) is 5.11. The zero-order chi connectivity index (χ0) is 27.5. The molecular weight excluding hydrogens is 502 g/mol. The largest absolute Gasteiger partial charge is 0.494 e. The van der Waals surface area contributed by atoms with Gasteiger partial charge >= 0.3 is 0 Å². The van der Waals surface area contributed by atoms with Crippen molar-refractivity contribution in [3.8, 4) is 11.4 Å². The topological polar surface area (TPSA) is 45.6 Å². The molecule has 2 atom stereocenters. The highest BCUT2D eigenvalue weighted by Crippen LogP contribution is 2.44. The maximum Gasteiger partial charge on any atom is 0.174 e. The number of rotatable bonds is 9. The molecule has 1 aliphatic rings. The number of hydrogen-bond donors (Lipinski definition) is 1. The van der Waals surface area contributed by atoms with Gasteiger partial charge < -0.3 is 24.4 Å². The Balaban J connectivity index is 1.59. The Bertz CT molecular complexity index is 1410. The van der Waals surface area contributed by atoms with Gasteiger partial charge in [0.15, 0.2) is 5.11 Å². The lowest BCUT2D eigenvalue weighted by Gasteiger charge is -2.28. The van der Waals surface area contributed by atoms with Crippen LogP contribution in [0.15, 0.2) is 79.0 Å². The van der Waals surface area contributed by atoms with Crippen LogP contribution in [0.3, 0.4) is 0 Å². The first-order valence-corrected chi connectivity index (χ1v) is 14.1. The Hall–Kier alpha value is -3.84. The maximum absolute atomic E-state index is 5.94. The third-order valence-corrected chi connectivity index (χ3v) is 7.86. The number of ether oxygens (including phenoxy) is 1. The summed E-state index contributed by atoms with van der Waals surface area (Å²) < 4.78 is 8.04. The molecule has 3 heterocycles. The van der Waals surface area contributed by atoms with E-state index >= 15 is 0 Å². The molecule has 5 rings (SSSR count). The fourth-order valence-electron chi connectivity index (χ4n) is 5.70. The third-order valence-electron chi connectivity index (χ3n) is 7.55. The van der Waals surface area contributed by atoms with Crippen LogP contribution in [0.2, 0.25) is 0 Å². The second-order valence-electron chi connectivity index (χ2n) is 9.77. The number of pyridine rings is 1. The Morgan fingerprint density at radius 2 is 1.62 bits per heavy atom. The Labute approximate surface area is 237 Å². The van der Waals surface area contributed by atoms with Gasteiger partial charge in [0.25, 0.3) is 0 Å². The van der Waals surface area contributed by atoms with Crippen LogP contribution in [0.1, 0.15) is 55.5 Å². The van der Waals surface area contributed by atoms with Crippen LogP contribution in [-0.4, -0.2) is 34.4 Å². The van der Waals surface area contributed by atoms with E-state index in [1.165, 1.54) is 22.6 Å². The number of benzene rings is 2. The first-order chi connectivity index (χ1) is 19.0. The summed E-state index contributed by atoms with van der Waals surface area (Å²) in [5.41, 5.74) is 7.98. The molecule has 39 heavy (non-hydrogen) atoms. The summed E-state index contributed by atoms with van der Waals surface area (Å²) in [7, 11) is 0. The molecule has 4 aromatic rings. The van der Waals surface area contributed by atoms with Gasteiger partial charge in [0.1, 0.15) is 5.75 Å². The van der Waals surface area contributed by atoms with Gasteiger partial charge in [-0.25, -0.2) is 0 Å². The lowest BCUT2D eigenvalue weighted by molar-refractivity contribution is 0.340. The molecule has 0 unspecified atom stereocenters. The van der Waals surface area contributed by atoms with Crippen molar-refractivity contribution < 1.29 is 4.74 Å². The fourth-order valence-corrected chi connectivity index (χ4v) is 6.05. The Morgan fingerprint density at radius 1 is 0.923 bits per heavy atom. The molecule has 1 saturated heterocycles. The van der Waals surface area contributed by atoms with Crippen molar-refractivity contribution in [1.82, 2.24) is 14.9 Å². The molecule has 0 bridgehead atoms. The Kier molecular flexibility index (Phi) is 7.89. The molecule has 202 valence electrons. The summed E-state index contributed by atoms with van der Waals surface area (Å²) >= 11 is 5.94. The van der Waals surface area contributed by atoms with E-state index in [0.29, 0.717) is 11.7 Å². The first kappa shape index (κ1) is 26.8. The molecule has 0 spiro atoms. The van der Waals surface area contributed by atoms with E-state index in [2.05, 4.69) is 95.9 Å². The van der Waals surface area contributed by atoms with E-state index in [1.54, 1.807) is 0 Å². The summed E-state index contributed by atoms with van der Waals surface area (Å²) in [5.74, 6) is 0.850. The van der Waals surface area contributed by atoms with Crippen LogP contribution in [0.5, 0.6) is 5.75 Å². The second kappa shape index (κ2) is 11.5. The number of thiocarbonyl (C=S) groups is 1. The van der Waals surface area contributed by atoms with E-state index in [0.717, 1.165) is 35.9 Å². The zero-order valence-corrected chi connectivity index (χ0v) is 24.2. The molecular formula is C32H37N5OS. The van der Waals surface area contributed by atoms with Crippen molar-refractivity contribution in [2.45, 2.75) is 46.7 Å². The molecule has 0 radical (unpaired) electrons. The SMILES string of the molecule is CCOc1ccc(N2C(=S)N[C@@H](c3ccccn3)[C@H]2c2cc(C)n(-c3ccc(N(CC)CC)cc3)c2C)cc1. The number of hydrogen-bond acceptors (Lipinski definition) is 4. The minimum absolute atomic E-state index is 0.0692. The molecule has 1 N–H and O–H groups in total. The maximum atomic E-state index is 5.94. The lowest BCUT2D eigenvalue weighted by Crippen LogP contribution is -2.29. The molecule has 1 fully saturated rings. The molecule has 2 aromatic heterocycles. The molecule has 1 aliphatic heterocycles. The minimum Gasteiger partial charge on any atom is -0.494 e. The normalized spacial score (nSPS) is 16.8. The second-order valence-corrected chi connectivity index (χ2v) is 10.2. The standard InChI is InChI=1S/C32H37N5OS/c1-6-35(7-2)24-12-14-25(15-13-24)36-22(4)21-28(23(36)5)31-30(29-11-9-10-20-33-29)34-32(39)37(31)26-16-18-27(19-17-26)38-8-3/h9-21,30-31H,6-8H2,1-5H3,(H,34,39)/t30-,31+/m0/s1. The molecule has 0 amide bonds. The van der Waals surface area contributed by atoms with Crippen molar-refractivity contribution in [2.24, 2.45) is 0 Å². The van der Waals surface area contributed by atoms with E-state index in [1.807, 2.05) is 37.4 Å². The molecule has 2 aromatic carbocycles. The highest BCUT2D eigenvalue weighted by atomic mass is 32.1. The van der Waals surface area contributed by atoms with Crippen LogP contribution >= 0.6 is 12.2 Å². The highest BCUT2D eigenvalue weighted by molar-refractivity contribution is 7.80. The quantitative estimate of drug-likeness (QED) is 0.233. The van der Waals surface area contributed by atoms with Crippen molar-refractivity contribution in [3.05, 3.63) is 102 Å². The van der Waals surface area contributed by atoms with Gasteiger partial charge in [0.2, 0.25) is 0 Å². The summed E-state index contributed by atoms with van der Waals surface area (Å²) in [6, 6.07) is 25.2. The van der Waals surface area contributed by atoms with Crippen molar-refractivity contribution >= 4 is 28.7 Å². The summed E-state index contributed by atoms with van der Waals surface area (Å²) in [6.45, 7) is 13.4. The van der Waals surface area contributed by atoms with Crippen LogP contribution in [0.25, 0.3) is 5.69 Å². The van der Waals surface area contributed by atoms with Gasteiger partial charge in [0.05, 0.1) is 24.4 Å². The van der Waals surface area contributed by atoms with Crippen molar-refractivity contribution in [3.63, 3.8) is 0 Å². The highest BCUT2D eigenvalue weighted by Gasteiger charge is 2.42. The van der Waals surface area contributed by atoms with Gasteiger partial charge in [-0.05, 0) is 119 Å². The van der Waals surface area contributed by atoms with Crippen LogP contribution < -0.4 is 19.9 Å². The van der Waals surface area contributed by atoms with Gasteiger partial charge in [-0.3, -0.25) is 4.98 Å². The number of nitrogens with one attached hydrogen (secondary N) is 1. The van der Waals surface area contributed by atoms with Crippen molar-refractivity contribution in [2.75, 3.05) is 29.5 Å². The van der Waals surface area contributed by atoms with E-state index in [9.17, 15) is 0 Å². The predicted molar refractivity (Wildman–Crippen MR) is 164 cm³/mol. The lowest BCUT2D eigenvalue weighted by atomic mass is 9.96. The van der Waals surface area contributed by atoms with Gasteiger partial charge in [-0.15, -0.1) is 0 Å². The zero-order valence-electron chi connectivity index (χ0n) is 23.4. The predicted octanol–water partition coefficient (Wildman–Crippen LogP) is 6.91. The molecule has 6 nitrogen and oxygen atoms in total. The number of aromatic nitrogens is 2. The number of anilines is 2. The monoisotopic (exact) mass is 539 g/mol. The van der Waals surface area contributed by atoms with Gasteiger partial charge in [0, 0.05) is 47.7 Å². The smallest absolute Gasteiger partial charge is 0.174 e. The van der Waals surface area contributed by atoms with E-state index in [-0.39, 0.29) is 12.1 Å². The first-order valence-electron chi connectivity index (χ1n) is 13.7. The van der Waals surface area contributed by atoms with Crippen molar-refractivity contribution in [1.29, 1.82) is 0 Å². The van der Waals surface area contributed by atoms with Gasteiger partial charge in [-0.1, -0.05) is 6.07 Å². The average molecular weight is 540 g/mol. The van der Waals surface area contributed by atoms with Gasteiger partial charge in [-0.2, -0.15) is 0 Å². The molecule has 7 heteroatoms. The average Bonchev–Trinajstić information content (AvgIpc) is 3.45. The Morgan fingerprint density at radius 3 is 2.23 bits per heavy atom. The van der Waals surface area contributed by atoms with Crippen LogP contribution in [-0.2, 0) is 0 Å². The molecule has 0 aliphatic carbocycles. The number of aryl methyl sites for hydroxylation is 1. The summed E-state index contributed by atoms with van der Waals surface area (Å²) in [5, 5.41) is 4.27. The van der Waals surface area contributed by atoms with Crippen LogP contribution in [0.4, 0.5) is 11.4 Å². The van der Waals surface area contributed by atoms with Crippen LogP contribution in [0, 0.1) is 13.8 Å². The minimum atomic E-state index is -0.0933.